The van der Waals surface area contributed by atoms with Gasteiger partial charge >= 0.3 is 6.29 Å². The first-order chi connectivity index (χ1) is 18.5. The highest BCUT2D eigenvalue weighted by Crippen LogP contribution is 2.42. The summed E-state index contributed by atoms with van der Waals surface area (Å²) in [7, 11) is -3.40. The van der Waals surface area contributed by atoms with Crippen LogP contribution in [0.2, 0.25) is 0 Å². The van der Waals surface area contributed by atoms with Crippen LogP contribution in [-0.4, -0.2) is 40.3 Å². The molecule has 0 aliphatic carbocycles. The number of rotatable bonds is 5. The van der Waals surface area contributed by atoms with Gasteiger partial charge in [0.1, 0.15) is 5.82 Å². The van der Waals surface area contributed by atoms with E-state index in [4.69, 9.17) is 0 Å². The molecule has 0 spiro atoms. The van der Waals surface area contributed by atoms with Gasteiger partial charge in [-0.25, -0.2) is 18.1 Å². The van der Waals surface area contributed by atoms with Crippen LogP contribution in [0.5, 0.6) is 11.5 Å². The van der Waals surface area contributed by atoms with Crippen LogP contribution in [0.3, 0.4) is 0 Å². The van der Waals surface area contributed by atoms with Crippen LogP contribution in [0.4, 0.5) is 8.78 Å². The van der Waals surface area contributed by atoms with Gasteiger partial charge in [0.15, 0.2) is 21.3 Å². The van der Waals surface area contributed by atoms with Crippen molar-refractivity contribution in [1.82, 2.24) is 19.3 Å². The summed E-state index contributed by atoms with van der Waals surface area (Å²) < 4.78 is 64.4. The lowest BCUT2D eigenvalue weighted by atomic mass is 9.99. The van der Waals surface area contributed by atoms with Crippen molar-refractivity contribution < 1.29 is 26.7 Å². The molecular weight excluding hydrogens is 526 g/mol. The third-order valence-electron chi connectivity index (χ3n) is 6.40. The topological polar surface area (TPSA) is 88.2 Å². The molecule has 3 heterocycles. The van der Waals surface area contributed by atoms with Gasteiger partial charge in [-0.2, -0.15) is 5.10 Å². The van der Waals surface area contributed by atoms with Crippen LogP contribution in [0, 0.1) is 13.8 Å². The number of aryl methyl sites for hydroxylation is 2. The molecular formula is C28H22F2N4O4S. The Morgan fingerprint density at radius 1 is 0.897 bits per heavy atom. The molecule has 1 aliphatic heterocycles. The Kier molecular flexibility index (Phi) is 5.58. The maximum atomic E-state index is 13.6. The third-order valence-corrected chi connectivity index (χ3v) is 7.51. The zero-order chi connectivity index (χ0) is 27.5. The number of hydrogen-bond acceptors (Lipinski definition) is 6. The molecule has 0 fully saturated rings. The molecule has 0 radical (unpaired) electrons. The smallest absolute Gasteiger partial charge is 0.395 e. The third kappa shape index (κ3) is 4.54. The van der Waals surface area contributed by atoms with E-state index in [1.54, 1.807) is 35.1 Å². The van der Waals surface area contributed by atoms with Gasteiger partial charge in [0.25, 0.3) is 0 Å². The second kappa shape index (κ2) is 8.77. The maximum Gasteiger partial charge on any atom is 0.586 e. The molecule has 6 rings (SSSR count). The zero-order valence-electron chi connectivity index (χ0n) is 21.1. The molecule has 0 amide bonds. The van der Waals surface area contributed by atoms with Gasteiger partial charge in [0, 0.05) is 24.1 Å². The SMILES string of the molecule is Cc1cn(-c2ccc(-c3cccc(S(C)(=O)=O)c3)cc2-c2ccnn2-c2ccc3c(c2)OC(F)(F)O3)c(C)n1. The maximum absolute atomic E-state index is 13.6. The van der Waals surface area contributed by atoms with Crippen molar-refractivity contribution in [2.45, 2.75) is 25.0 Å². The number of imidazole rings is 1. The number of hydrogen-bond donors (Lipinski definition) is 0. The molecule has 198 valence electrons. The number of sulfone groups is 1. The number of nitrogens with zero attached hydrogens (tertiary/aromatic N) is 4. The van der Waals surface area contributed by atoms with Crippen LogP contribution in [0.15, 0.2) is 84.0 Å². The Bertz CT molecular complexity index is 1860. The van der Waals surface area contributed by atoms with Gasteiger partial charge in [0.2, 0.25) is 0 Å². The normalized spacial score (nSPS) is 14.1. The molecule has 0 unspecified atom stereocenters. The van der Waals surface area contributed by atoms with Gasteiger partial charge in [0.05, 0.1) is 33.9 Å². The average Bonchev–Trinajstić information content (AvgIpc) is 3.58. The molecule has 0 bridgehead atoms. The fourth-order valence-corrected chi connectivity index (χ4v) is 5.35. The fourth-order valence-electron chi connectivity index (χ4n) is 4.68. The number of fused-ring (bicyclic) bond motifs is 1. The van der Waals surface area contributed by atoms with Gasteiger partial charge < -0.3 is 14.0 Å². The number of aromatic nitrogens is 4. The summed E-state index contributed by atoms with van der Waals surface area (Å²) in [4.78, 5) is 4.75. The standard InChI is InChI=1S/C28H22F2N4O4S/c1-17-16-33(18(2)32-17)24-9-7-20(19-5-4-6-22(13-19)39(3,35)36)14-23(24)25-11-12-31-34(25)21-8-10-26-27(15-21)38-28(29,30)37-26/h4-16H,1-3H3. The lowest BCUT2D eigenvalue weighted by molar-refractivity contribution is -0.286. The van der Waals surface area contributed by atoms with Crippen molar-refractivity contribution >= 4 is 9.84 Å². The second-order valence-electron chi connectivity index (χ2n) is 9.26. The van der Waals surface area contributed by atoms with E-state index in [9.17, 15) is 17.2 Å². The Hall–Kier alpha value is -4.51. The van der Waals surface area contributed by atoms with Crippen LogP contribution in [0.25, 0.3) is 33.8 Å². The van der Waals surface area contributed by atoms with Crippen LogP contribution < -0.4 is 9.47 Å². The minimum atomic E-state index is -3.73. The van der Waals surface area contributed by atoms with Crippen molar-refractivity contribution in [1.29, 1.82) is 0 Å². The Morgan fingerprint density at radius 2 is 1.67 bits per heavy atom. The first-order valence-corrected chi connectivity index (χ1v) is 13.8. The van der Waals surface area contributed by atoms with Crippen LogP contribution in [0.1, 0.15) is 11.5 Å². The minimum absolute atomic E-state index is 0.0598. The Morgan fingerprint density at radius 3 is 2.41 bits per heavy atom. The van der Waals surface area contributed by atoms with Gasteiger partial charge in [-0.1, -0.05) is 18.2 Å². The predicted octanol–water partition coefficient (Wildman–Crippen LogP) is 5.73. The van der Waals surface area contributed by atoms with E-state index in [1.165, 1.54) is 18.4 Å². The van der Waals surface area contributed by atoms with Crippen molar-refractivity contribution in [2.24, 2.45) is 0 Å². The highest BCUT2D eigenvalue weighted by molar-refractivity contribution is 7.90. The molecule has 2 aromatic heterocycles. The quantitative estimate of drug-likeness (QED) is 0.279. The molecule has 3 aromatic carbocycles. The molecule has 0 atom stereocenters. The number of alkyl halides is 2. The molecule has 5 aromatic rings. The first-order valence-electron chi connectivity index (χ1n) is 11.9. The summed E-state index contributed by atoms with van der Waals surface area (Å²) in [5.41, 5.74) is 5.08. The lowest BCUT2D eigenvalue weighted by Gasteiger charge is -2.16. The van der Waals surface area contributed by atoms with E-state index in [0.717, 1.165) is 33.9 Å². The van der Waals surface area contributed by atoms with Crippen molar-refractivity contribution in [3.05, 3.63) is 90.6 Å². The summed E-state index contributed by atoms with van der Waals surface area (Å²) >= 11 is 0. The monoisotopic (exact) mass is 548 g/mol. The Labute approximate surface area is 223 Å². The second-order valence-corrected chi connectivity index (χ2v) is 11.3. The summed E-state index contributed by atoms with van der Waals surface area (Å²) in [5.74, 6) is 0.624. The average molecular weight is 549 g/mol. The van der Waals surface area contributed by atoms with E-state index in [-0.39, 0.29) is 16.4 Å². The fraction of sp³-hybridized carbons (Fsp3) is 0.143. The highest BCUT2D eigenvalue weighted by Gasteiger charge is 2.43. The molecule has 8 nitrogen and oxygen atoms in total. The van der Waals surface area contributed by atoms with Gasteiger partial charge in [-0.3, -0.25) is 0 Å². The summed E-state index contributed by atoms with van der Waals surface area (Å²) in [6, 6.07) is 18.8. The molecule has 39 heavy (non-hydrogen) atoms. The van der Waals surface area contributed by atoms with Crippen molar-refractivity contribution in [2.75, 3.05) is 6.26 Å². The number of ether oxygens (including phenoxy) is 2. The van der Waals surface area contributed by atoms with E-state index >= 15 is 0 Å². The van der Waals surface area contributed by atoms with Crippen LogP contribution in [-0.2, 0) is 9.84 Å². The van der Waals surface area contributed by atoms with Crippen molar-refractivity contribution in [3.63, 3.8) is 0 Å². The number of benzene rings is 3. The largest absolute Gasteiger partial charge is 0.586 e. The molecule has 0 N–H and O–H groups in total. The van der Waals surface area contributed by atoms with Gasteiger partial charge in [-0.15, -0.1) is 8.78 Å². The summed E-state index contributed by atoms with van der Waals surface area (Å²) in [5, 5.41) is 4.46. The first kappa shape index (κ1) is 24.8. The Balaban J connectivity index is 1.53. The summed E-state index contributed by atoms with van der Waals surface area (Å²) in [6.07, 6.45) is 0.972. The van der Waals surface area contributed by atoms with E-state index < -0.39 is 16.1 Å². The van der Waals surface area contributed by atoms with E-state index in [1.807, 2.05) is 54.9 Å². The van der Waals surface area contributed by atoms with E-state index in [2.05, 4.69) is 19.6 Å². The van der Waals surface area contributed by atoms with Crippen molar-refractivity contribution in [3.8, 4) is 45.3 Å². The molecule has 1 aliphatic rings. The molecule has 0 saturated carbocycles. The summed E-state index contributed by atoms with van der Waals surface area (Å²) in [6.45, 7) is 3.80. The molecule has 11 heteroatoms. The van der Waals surface area contributed by atoms with E-state index in [0.29, 0.717) is 11.4 Å². The van der Waals surface area contributed by atoms with Crippen LogP contribution >= 0.6 is 0 Å². The number of halogens is 2. The highest BCUT2D eigenvalue weighted by atomic mass is 32.2. The van der Waals surface area contributed by atoms with Gasteiger partial charge in [-0.05, 0) is 67.4 Å². The molecule has 0 saturated heterocycles. The minimum Gasteiger partial charge on any atom is -0.395 e. The zero-order valence-corrected chi connectivity index (χ0v) is 21.9. The predicted molar refractivity (Wildman–Crippen MR) is 140 cm³/mol. The lowest BCUT2D eigenvalue weighted by Crippen LogP contribution is -2.25.